The second kappa shape index (κ2) is 61.0. The van der Waals surface area contributed by atoms with Crippen LogP contribution in [0.1, 0.15) is 413 Å². The van der Waals surface area contributed by atoms with Crippen LogP contribution in [0, 0.1) is 0 Å². The lowest BCUT2D eigenvalue weighted by Crippen LogP contribution is -2.05. The second-order valence-electron chi connectivity index (χ2n) is 30.1. The van der Waals surface area contributed by atoms with Gasteiger partial charge in [0.05, 0.1) is 39.6 Å². The van der Waals surface area contributed by atoms with Crippen molar-refractivity contribution >= 4 is 39.9 Å². The van der Waals surface area contributed by atoms with E-state index in [9.17, 15) is 4.57 Å². The summed E-state index contributed by atoms with van der Waals surface area (Å²) in [6, 6.07) is 13.8. The molecule has 10 heteroatoms. The molecule has 9 nitrogen and oxygen atoms in total. The number of ether oxygens (including phenoxy) is 6. The summed E-state index contributed by atoms with van der Waals surface area (Å²) in [6.45, 7) is 15.5. The maximum Gasteiger partial charge on any atom is 0.325 e. The molecule has 4 aromatic rings. The van der Waals surface area contributed by atoms with Gasteiger partial charge in [0.25, 0.3) is 0 Å². The first-order chi connectivity index (χ1) is 48.7. The SMILES string of the molecule is CCCCCCCCCCCOc1cc2c3cc(OCCCCCCCCCCC)c(OCCCCCCCCCCC)cc3c3cc(OCCCCCCCCCCCCCCCCP(=O)(O)O)c(OCCCCCCCCCCC)cc3c2cc1OCCCCCCCCCCC. The fourth-order valence-corrected chi connectivity index (χ4v) is 15.0. The van der Waals surface area contributed by atoms with Crippen molar-refractivity contribution in [3.05, 3.63) is 36.4 Å². The molecule has 0 saturated heterocycles. The van der Waals surface area contributed by atoms with Gasteiger partial charge in [0.1, 0.15) is 0 Å². The molecule has 0 aliphatic heterocycles. The van der Waals surface area contributed by atoms with E-state index < -0.39 is 7.60 Å². The first kappa shape index (κ1) is 88.0. The summed E-state index contributed by atoms with van der Waals surface area (Å²) in [4.78, 5) is 18.3. The third kappa shape index (κ3) is 42.9. The van der Waals surface area contributed by atoms with Crippen LogP contribution in [0.2, 0.25) is 0 Å². The number of hydrogen-bond donors (Lipinski definition) is 2. The van der Waals surface area contributed by atoms with Crippen LogP contribution in [0.5, 0.6) is 34.5 Å². The third-order valence-corrected chi connectivity index (χ3v) is 21.6. The highest BCUT2D eigenvalue weighted by molar-refractivity contribution is 7.51. The number of hydrogen-bond acceptors (Lipinski definition) is 7. The molecule has 0 fully saturated rings. The molecule has 0 aromatic heterocycles. The average molecular weight is 1400 g/mol. The van der Waals surface area contributed by atoms with E-state index in [0.29, 0.717) is 46.1 Å². The lowest BCUT2D eigenvalue weighted by atomic mass is 9.93. The maximum atomic E-state index is 11.2. The molecule has 99 heavy (non-hydrogen) atoms. The largest absolute Gasteiger partial charge is 0.490 e. The Morgan fingerprint density at radius 1 is 0.202 bits per heavy atom. The molecule has 0 radical (unpaired) electrons. The zero-order chi connectivity index (χ0) is 70.6. The summed E-state index contributed by atoms with van der Waals surface area (Å²) in [5.74, 6) is 4.99. The summed E-state index contributed by atoms with van der Waals surface area (Å²) in [5.41, 5.74) is 0. The van der Waals surface area contributed by atoms with Crippen LogP contribution < -0.4 is 28.4 Å². The van der Waals surface area contributed by atoms with Gasteiger partial charge in [-0.1, -0.05) is 369 Å². The van der Waals surface area contributed by atoms with Gasteiger partial charge in [-0.05, 0) is 114 Å². The fraction of sp³-hybridized carbons (Fsp3) is 0.798. The van der Waals surface area contributed by atoms with Crippen LogP contribution >= 0.6 is 7.60 Å². The Kier molecular flexibility index (Phi) is 54.2. The van der Waals surface area contributed by atoms with Gasteiger partial charge in [-0.25, -0.2) is 0 Å². The summed E-state index contributed by atoms with van der Waals surface area (Å²) in [6.07, 6.45) is 73.3. The van der Waals surface area contributed by atoms with Gasteiger partial charge >= 0.3 is 7.60 Å². The minimum atomic E-state index is -3.86. The molecule has 0 aliphatic carbocycles. The standard InChI is InChI=1S/C89H155O9P/c1-6-11-16-21-26-37-44-51-58-65-93-84-72-78-79-73-85(94-66-59-52-45-38-27-22-17-12-7-2)87(96-68-61-54-47-40-29-24-19-14-9-4)75-81(79)83-77-89(98-70-63-56-49-42-35-33-31-32-34-36-43-50-57-64-71-99(90,91)92)88(97-69-62-55-48-41-30-25-20-15-10-5)76-82(83)80(78)74-86(84)95-67-60-53-46-39-28-23-18-13-8-3/h72-77H,6-71H2,1-5H3,(H2,90,91,92). The van der Waals surface area contributed by atoms with Gasteiger partial charge in [0.15, 0.2) is 34.5 Å². The molecule has 0 aliphatic rings. The normalized spacial score (nSPS) is 11.9. The molecule has 0 amide bonds. The topological polar surface area (TPSA) is 113 Å². The quantitative estimate of drug-likeness (QED) is 0.0253. The number of rotatable bonds is 73. The lowest BCUT2D eigenvalue weighted by Gasteiger charge is -2.21. The van der Waals surface area contributed by atoms with Crippen molar-refractivity contribution in [1.82, 2.24) is 0 Å². The first-order valence-electron chi connectivity index (χ1n) is 43.1. The van der Waals surface area contributed by atoms with E-state index in [1.165, 1.54) is 315 Å². The number of unbranched alkanes of at least 4 members (excludes halogenated alkanes) is 53. The lowest BCUT2D eigenvalue weighted by molar-refractivity contribution is 0.258. The maximum absolute atomic E-state index is 11.2. The van der Waals surface area contributed by atoms with Crippen LogP contribution in [0.4, 0.5) is 0 Å². The molecule has 4 rings (SSSR count). The predicted octanol–water partition coefficient (Wildman–Crippen LogP) is 29.7. The van der Waals surface area contributed by atoms with E-state index in [1.54, 1.807) is 0 Å². The number of fused-ring (bicyclic) bond motifs is 6. The van der Waals surface area contributed by atoms with Crippen LogP contribution in [-0.4, -0.2) is 55.6 Å². The van der Waals surface area contributed by atoms with Crippen molar-refractivity contribution in [3.8, 4) is 34.5 Å². The summed E-state index contributed by atoms with van der Waals surface area (Å²) < 4.78 is 53.0. The van der Waals surface area contributed by atoms with Gasteiger partial charge in [-0.15, -0.1) is 0 Å². The highest BCUT2D eigenvalue weighted by Crippen LogP contribution is 2.48. The Balaban J connectivity index is 1.72. The van der Waals surface area contributed by atoms with E-state index in [2.05, 4.69) is 71.0 Å². The Morgan fingerprint density at radius 2 is 0.323 bits per heavy atom. The van der Waals surface area contributed by atoms with Gasteiger partial charge in [-0.3, -0.25) is 4.57 Å². The Bertz CT molecular complexity index is 2520. The van der Waals surface area contributed by atoms with Crippen LogP contribution in [0.15, 0.2) is 36.4 Å². The van der Waals surface area contributed by atoms with E-state index in [4.69, 9.17) is 38.2 Å². The summed E-state index contributed by atoms with van der Waals surface area (Å²) in [7, 11) is -3.86. The fourth-order valence-electron chi connectivity index (χ4n) is 14.4. The zero-order valence-electron chi connectivity index (χ0n) is 65.3. The smallest absolute Gasteiger partial charge is 0.325 e. The molecule has 570 valence electrons. The minimum Gasteiger partial charge on any atom is -0.490 e. The Morgan fingerprint density at radius 3 is 0.455 bits per heavy atom. The highest BCUT2D eigenvalue weighted by Gasteiger charge is 2.21. The van der Waals surface area contributed by atoms with Crippen molar-refractivity contribution in [2.24, 2.45) is 0 Å². The van der Waals surface area contributed by atoms with Gasteiger partial charge in [0, 0.05) is 6.16 Å². The molecule has 0 atom stereocenters. The van der Waals surface area contributed by atoms with E-state index in [-0.39, 0.29) is 6.16 Å². The van der Waals surface area contributed by atoms with Crippen molar-refractivity contribution < 1.29 is 42.8 Å². The van der Waals surface area contributed by atoms with Crippen molar-refractivity contribution in [3.63, 3.8) is 0 Å². The van der Waals surface area contributed by atoms with E-state index in [1.807, 2.05) is 0 Å². The van der Waals surface area contributed by atoms with Crippen molar-refractivity contribution in [2.75, 3.05) is 45.8 Å². The monoisotopic (exact) mass is 1400 g/mol. The van der Waals surface area contributed by atoms with Crippen molar-refractivity contribution in [1.29, 1.82) is 0 Å². The van der Waals surface area contributed by atoms with E-state index >= 15 is 0 Å². The Hall–Kier alpha value is -3.39. The molecule has 0 bridgehead atoms. The van der Waals surface area contributed by atoms with E-state index in [0.717, 1.165) is 125 Å². The molecule has 0 spiro atoms. The molecule has 0 unspecified atom stereocenters. The van der Waals surface area contributed by atoms with Crippen LogP contribution in [0.3, 0.4) is 0 Å². The van der Waals surface area contributed by atoms with Gasteiger partial charge < -0.3 is 38.2 Å². The van der Waals surface area contributed by atoms with Gasteiger partial charge in [-0.2, -0.15) is 0 Å². The Labute approximate surface area is 609 Å². The predicted molar refractivity (Wildman–Crippen MR) is 430 cm³/mol. The second-order valence-corrected chi connectivity index (χ2v) is 31.9. The molecule has 0 heterocycles. The molecular formula is C89H155O9P. The number of benzene rings is 4. The summed E-state index contributed by atoms with van der Waals surface area (Å²) >= 11 is 0. The van der Waals surface area contributed by atoms with Gasteiger partial charge in [0.2, 0.25) is 0 Å². The van der Waals surface area contributed by atoms with Crippen LogP contribution in [-0.2, 0) is 4.57 Å². The van der Waals surface area contributed by atoms with Crippen molar-refractivity contribution in [2.45, 2.75) is 413 Å². The third-order valence-electron chi connectivity index (χ3n) is 20.8. The molecular weight excluding hydrogens is 1240 g/mol. The van der Waals surface area contributed by atoms with Crippen LogP contribution in [0.25, 0.3) is 32.3 Å². The molecule has 2 N–H and O–H groups in total. The first-order valence-corrected chi connectivity index (χ1v) is 44.9. The molecule has 4 aromatic carbocycles. The highest BCUT2D eigenvalue weighted by atomic mass is 31.2. The summed E-state index contributed by atoms with van der Waals surface area (Å²) in [5, 5.41) is 6.81. The average Bonchev–Trinajstić information content (AvgIpc) is 0.728. The molecule has 0 saturated carbocycles. The minimum absolute atomic E-state index is 0.0249. The zero-order valence-corrected chi connectivity index (χ0v) is 66.2.